The minimum Gasteiger partial charge on any atom is -0.206 e. The lowest BCUT2D eigenvalue weighted by atomic mass is 9.64. The highest BCUT2D eigenvalue weighted by molar-refractivity contribution is 5.65. The van der Waals surface area contributed by atoms with Gasteiger partial charge in [-0.3, -0.25) is 0 Å². The van der Waals surface area contributed by atoms with Crippen molar-refractivity contribution in [1.82, 2.24) is 0 Å². The molecule has 0 N–H and O–H groups in total. The van der Waals surface area contributed by atoms with E-state index in [-0.39, 0.29) is 11.5 Å². The molecular weight excluding hydrogens is 383 g/mol. The van der Waals surface area contributed by atoms with E-state index < -0.39 is 34.6 Å². The molecule has 2 aromatic carbocycles. The molecule has 154 valence electrons. The highest BCUT2D eigenvalue weighted by atomic mass is 19.2. The van der Waals surface area contributed by atoms with Crippen LogP contribution in [0.4, 0.5) is 22.0 Å². The Morgan fingerprint density at radius 1 is 0.724 bits per heavy atom. The zero-order valence-corrected chi connectivity index (χ0v) is 16.0. The molecule has 2 aliphatic carbocycles. The van der Waals surface area contributed by atoms with E-state index in [1.54, 1.807) is 0 Å². The normalized spacial score (nSPS) is 26.8. The molecule has 2 fully saturated rings. The molecule has 0 amide bonds. The summed E-state index contributed by atoms with van der Waals surface area (Å²) in [5, 5.41) is 0. The molecule has 2 aromatic rings. The molecule has 5 heteroatoms. The monoisotopic (exact) mass is 406 g/mol. The number of hydrogen-bond donors (Lipinski definition) is 0. The molecule has 0 radical (unpaired) electrons. The minimum atomic E-state index is -1.66. The average molecular weight is 406 g/mol. The summed E-state index contributed by atoms with van der Waals surface area (Å²) in [6.45, 7) is 3.90. The molecule has 4 unspecified atom stereocenters. The van der Waals surface area contributed by atoms with E-state index in [4.69, 9.17) is 0 Å². The van der Waals surface area contributed by atoms with Crippen LogP contribution in [0.2, 0.25) is 0 Å². The second-order valence-corrected chi connectivity index (χ2v) is 8.45. The van der Waals surface area contributed by atoms with Gasteiger partial charge in [-0.05, 0) is 97.6 Å². The van der Waals surface area contributed by atoms with E-state index in [1.165, 1.54) is 12.1 Å². The van der Waals surface area contributed by atoms with Crippen molar-refractivity contribution >= 4 is 0 Å². The first-order valence-electron chi connectivity index (χ1n) is 10.1. The number of rotatable bonds is 3. The number of benzene rings is 2. The maximum Gasteiger partial charge on any atom is 0.194 e. The fraction of sp³-hybridized carbons (Fsp3) is 0.417. The second-order valence-electron chi connectivity index (χ2n) is 8.45. The van der Waals surface area contributed by atoms with Crippen molar-refractivity contribution in [1.29, 1.82) is 0 Å². The molecule has 0 heterocycles. The van der Waals surface area contributed by atoms with Gasteiger partial charge >= 0.3 is 0 Å². The second kappa shape index (κ2) is 7.92. The predicted molar refractivity (Wildman–Crippen MR) is 103 cm³/mol. The van der Waals surface area contributed by atoms with Crippen LogP contribution < -0.4 is 0 Å². The van der Waals surface area contributed by atoms with E-state index in [0.717, 1.165) is 38.5 Å². The molecule has 4 atom stereocenters. The van der Waals surface area contributed by atoms with Gasteiger partial charge in [0.2, 0.25) is 0 Å². The predicted octanol–water partition coefficient (Wildman–Crippen LogP) is 7.54. The lowest BCUT2D eigenvalue weighted by molar-refractivity contribution is 0.133. The number of halogens is 5. The van der Waals surface area contributed by atoms with Crippen LogP contribution in [0.15, 0.2) is 36.9 Å². The van der Waals surface area contributed by atoms with Crippen LogP contribution in [0.3, 0.4) is 0 Å². The first-order chi connectivity index (χ1) is 13.9. The van der Waals surface area contributed by atoms with Gasteiger partial charge in [-0.1, -0.05) is 6.08 Å². The molecule has 0 spiro atoms. The minimum absolute atomic E-state index is 0.0660. The highest BCUT2D eigenvalue weighted by Gasteiger charge is 2.35. The van der Waals surface area contributed by atoms with E-state index >= 15 is 0 Å². The van der Waals surface area contributed by atoms with Gasteiger partial charge in [-0.25, -0.2) is 22.0 Å². The van der Waals surface area contributed by atoms with Crippen molar-refractivity contribution in [2.75, 3.05) is 0 Å². The third-order valence-electron chi connectivity index (χ3n) is 6.80. The highest BCUT2D eigenvalue weighted by Crippen LogP contribution is 2.48. The quantitative estimate of drug-likeness (QED) is 0.281. The van der Waals surface area contributed by atoms with Crippen LogP contribution in [0.1, 0.15) is 50.0 Å². The maximum atomic E-state index is 14.8. The Hall–Kier alpha value is -2.17. The summed E-state index contributed by atoms with van der Waals surface area (Å²) in [4.78, 5) is 0. The molecule has 0 nitrogen and oxygen atoms in total. The van der Waals surface area contributed by atoms with Gasteiger partial charge in [0, 0.05) is 0 Å². The van der Waals surface area contributed by atoms with Crippen LogP contribution in [0.25, 0.3) is 11.1 Å². The topological polar surface area (TPSA) is 0 Å². The smallest absolute Gasteiger partial charge is 0.194 e. The Kier molecular flexibility index (Phi) is 5.50. The van der Waals surface area contributed by atoms with E-state index in [2.05, 4.69) is 6.58 Å². The van der Waals surface area contributed by atoms with Crippen molar-refractivity contribution in [2.24, 2.45) is 17.8 Å². The summed E-state index contributed by atoms with van der Waals surface area (Å²) in [5.74, 6) is -4.56. The van der Waals surface area contributed by atoms with Gasteiger partial charge in [0.15, 0.2) is 17.5 Å². The summed E-state index contributed by atoms with van der Waals surface area (Å²) in [7, 11) is 0. The molecule has 0 bridgehead atoms. The summed E-state index contributed by atoms with van der Waals surface area (Å²) in [5.41, 5.74) is -0.308. The fourth-order valence-electron chi connectivity index (χ4n) is 5.25. The number of allylic oxidation sites excluding steroid dienone is 1. The SMILES string of the molecule is C=CC1CCC2CC(c3cc(F)c(-c4cc(F)c(F)c(F)c4)c(F)c3)CCC2C1. The molecule has 4 rings (SSSR count). The Morgan fingerprint density at radius 2 is 1.31 bits per heavy atom. The standard InChI is InChI=1S/C24H23F5/c1-2-13-3-4-15-8-16(6-5-14(15)7-13)17-9-19(25)23(20(26)10-17)18-11-21(27)24(29)22(28)12-18/h2,9-16H,1,3-8H2. The van der Waals surface area contributed by atoms with Gasteiger partial charge in [0.1, 0.15) is 11.6 Å². The zero-order valence-electron chi connectivity index (χ0n) is 16.0. The molecule has 2 saturated carbocycles. The van der Waals surface area contributed by atoms with Crippen LogP contribution >= 0.6 is 0 Å². The van der Waals surface area contributed by atoms with E-state index in [0.29, 0.717) is 35.4 Å². The van der Waals surface area contributed by atoms with Gasteiger partial charge < -0.3 is 0 Å². The Bertz CT molecular complexity index is 889. The Morgan fingerprint density at radius 3 is 1.93 bits per heavy atom. The van der Waals surface area contributed by atoms with Crippen LogP contribution in [0, 0.1) is 46.8 Å². The first kappa shape index (κ1) is 20.1. The molecule has 29 heavy (non-hydrogen) atoms. The lowest BCUT2D eigenvalue weighted by Gasteiger charge is -2.41. The summed E-state index contributed by atoms with van der Waals surface area (Å²) >= 11 is 0. The van der Waals surface area contributed by atoms with Gasteiger partial charge in [0.25, 0.3) is 0 Å². The zero-order chi connectivity index (χ0) is 20.7. The molecule has 0 aromatic heterocycles. The van der Waals surface area contributed by atoms with Gasteiger partial charge in [-0.15, -0.1) is 6.58 Å². The maximum absolute atomic E-state index is 14.8. The Balaban J connectivity index is 1.59. The van der Waals surface area contributed by atoms with E-state index in [9.17, 15) is 22.0 Å². The molecular formula is C24H23F5. The van der Waals surface area contributed by atoms with Gasteiger partial charge in [0.05, 0.1) is 5.56 Å². The number of hydrogen-bond acceptors (Lipinski definition) is 0. The van der Waals surface area contributed by atoms with Crippen molar-refractivity contribution < 1.29 is 22.0 Å². The Labute approximate surface area is 167 Å². The van der Waals surface area contributed by atoms with Crippen molar-refractivity contribution in [3.63, 3.8) is 0 Å². The largest absolute Gasteiger partial charge is 0.206 e. The van der Waals surface area contributed by atoms with E-state index in [1.807, 2.05) is 6.08 Å². The lowest BCUT2D eigenvalue weighted by Crippen LogP contribution is -2.30. The number of fused-ring (bicyclic) bond motifs is 1. The molecule has 2 aliphatic rings. The van der Waals surface area contributed by atoms with Crippen molar-refractivity contribution in [3.8, 4) is 11.1 Å². The van der Waals surface area contributed by atoms with Crippen molar-refractivity contribution in [2.45, 2.75) is 44.4 Å². The van der Waals surface area contributed by atoms with Gasteiger partial charge in [-0.2, -0.15) is 0 Å². The van der Waals surface area contributed by atoms with Crippen molar-refractivity contribution in [3.05, 3.63) is 71.6 Å². The third kappa shape index (κ3) is 3.84. The average Bonchev–Trinajstić information content (AvgIpc) is 2.70. The molecule has 0 aliphatic heterocycles. The summed E-state index contributed by atoms with van der Waals surface area (Å²) < 4.78 is 69.7. The first-order valence-corrected chi connectivity index (χ1v) is 10.1. The van der Waals surface area contributed by atoms with Crippen LogP contribution in [-0.2, 0) is 0 Å². The summed E-state index contributed by atoms with van der Waals surface area (Å²) in [6.07, 6.45) is 8.18. The van der Waals surface area contributed by atoms with Crippen LogP contribution in [0.5, 0.6) is 0 Å². The molecule has 0 saturated heterocycles. The fourth-order valence-corrected chi connectivity index (χ4v) is 5.25. The van der Waals surface area contributed by atoms with Crippen LogP contribution in [-0.4, -0.2) is 0 Å². The third-order valence-corrected chi connectivity index (χ3v) is 6.80. The summed E-state index contributed by atoms with van der Waals surface area (Å²) in [6, 6.07) is 3.75.